The smallest absolute Gasteiger partial charge is 0.135 e. The molecule has 1 saturated carbocycles. The minimum atomic E-state index is -0.326. The number of carbonyl (C=O) groups is 1. The van der Waals surface area contributed by atoms with Gasteiger partial charge in [0, 0.05) is 5.92 Å². The van der Waals surface area contributed by atoms with Crippen LogP contribution in [0.25, 0.3) is 0 Å². The zero-order valence-corrected chi connectivity index (χ0v) is 4.92. The van der Waals surface area contributed by atoms with Crippen LogP contribution in [0.4, 0.5) is 0 Å². The van der Waals surface area contributed by atoms with Crippen LogP contribution in [0.15, 0.2) is 0 Å². The molecule has 2 unspecified atom stereocenters. The van der Waals surface area contributed by atoms with Crippen molar-refractivity contribution < 1.29 is 9.90 Å². The van der Waals surface area contributed by atoms with Crippen molar-refractivity contribution in [1.29, 1.82) is 0 Å². The van der Waals surface area contributed by atoms with Gasteiger partial charge in [0.05, 0.1) is 6.10 Å². The summed E-state index contributed by atoms with van der Waals surface area (Å²) in [7, 11) is 0. The van der Waals surface area contributed by atoms with Gasteiger partial charge in [-0.25, -0.2) is 0 Å². The second kappa shape index (κ2) is 1.86. The number of aliphatic hydroxyl groups is 1. The summed E-state index contributed by atoms with van der Waals surface area (Å²) in [4.78, 5) is 10.5. The Morgan fingerprint density at radius 1 is 1.62 bits per heavy atom. The number of aliphatic hydroxyl groups excluding tert-OH is 1. The molecule has 2 nitrogen and oxygen atoms in total. The van der Waals surface area contributed by atoms with Crippen molar-refractivity contribution in [3.63, 3.8) is 0 Å². The molecule has 1 aliphatic rings. The molecule has 0 aromatic rings. The van der Waals surface area contributed by atoms with Gasteiger partial charge in [-0.1, -0.05) is 0 Å². The molecule has 0 spiro atoms. The van der Waals surface area contributed by atoms with E-state index in [-0.39, 0.29) is 17.8 Å². The summed E-state index contributed by atoms with van der Waals surface area (Å²) in [6.07, 6.45) is 1.37. The summed E-state index contributed by atoms with van der Waals surface area (Å²) in [5.41, 5.74) is 0. The molecular weight excluding hydrogens is 104 g/mol. The van der Waals surface area contributed by atoms with Crippen LogP contribution in [-0.2, 0) is 4.79 Å². The highest BCUT2D eigenvalue weighted by molar-refractivity contribution is 5.79. The average molecular weight is 114 g/mol. The molecular formula is C6H10O2. The fourth-order valence-electron chi connectivity index (χ4n) is 0.957. The zero-order chi connectivity index (χ0) is 6.15. The first-order valence-electron chi connectivity index (χ1n) is 2.90. The fraction of sp³-hybridized carbons (Fsp3) is 0.833. The van der Waals surface area contributed by atoms with Gasteiger partial charge in [-0.2, -0.15) is 0 Å². The van der Waals surface area contributed by atoms with Crippen LogP contribution in [0.1, 0.15) is 19.8 Å². The molecule has 1 rings (SSSR count). The van der Waals surface area contributed by atoms with Gasteiger partial charge in [-0.05, 0) is 19.8 Å². The molecule has 0 aromatic heterocycles. The summed E-state index contributed by atoms with van der Waals surface area (Å²) in [6.45, 7) is 1.53. The van der Waals surface area contributed by atoms with E-state index >= 15 is 0 Å². The van der Waals surface area contributed by atoms with E-state index < -0.39 is 0 Å². The van der Waals surface area contributed by atoms with Gasteiger partial charge in [0.2, 0.25) is 0 Å². The molecule has 46 valence electrons. The van der Waals surface area contributed by atoms with E-state index in [0.717, 1.165) is 12.8 Å². The first-order valence-corrected chi connectivity index (χ1v) is 2.90. The molecule has 1 aliphatic carbocycles. The van der Waals surface area contributed by atoms with Crippen molar-refractivity contribution in [2.75, 3.05) is 0 Å². The quantitative estimate of drug-likeness (QED) is 0.534. The molecule has 1 N–H and O–H groups in total. The Bertz CT molecular complexity index is 109. The number of ketones is 1. The Morgan fingerprint density at radius 3 is 2.25 bits per heavy atom. The largest absolute Gasteiger partial charge is 0.392 e. The third-order valence-corrected chi connectivity index (χ3v) is 1.76. The molecule has 0 aromatic carbocycles. The second-order valence-electron chi connectivity index (χ2n) is 2.36. The van der Waals surface area contributed by atoms with Crippen LogP contribution >= 0.6 is 0 Å². The molecule has 0 heterocycles. The Balaban J connectivity index is 2.37. The Labute approximate surface area is 48.5 Å². The number of rotatable bonds is 1. The number of Topliss-reactive ketones (excluding diaryl/α,β-unsaturated/α-hetero) is 1. The Hall–Kier alpha value is -0.370. The van der Waals surface area contributed by atoms with Crippen molar-refractivity contribution in [2.45, 2.75) is 25.9 Å². The van der Waals surface area contributed by atoms with Crippen LogP contribution in [-0.4, -0.2) is 17.0 Å². The van der Waals surface area contributed by atoms with Crippen LogP contribution in [0, 0.1) is 5.92 Å². The van der Waals surface area contributed by atoms with E-state index in [1.165, 1.54) is 6.92 Å². The predicted octanol–water partition coefficient (Wildman–Crippen LogP) is 0.346. The van der Waals surface area contributed by atoms with Crippen LogP contribution in [0.5, 0.6) is 0 Å². The highest BCUT2D eigenvalue weighted by Gasteiger charge is 2.31. The van der Waals surface area contributed by atoms with E-state index in [2.05, 4.69) is 0 Å². The Kier molecular flexibility index (Phi) is 1.34. The Morgan fingerprint density at radius 2 is 2.25 bits per heavy atom. The molecule has 2 atom stereocenters. The van der Waals surface area contributed by atoms with E-state index in [0.29, 0.717) is 0 Å². The van der Waals surface area contributed by atoms with Gasteiger partial charge in [0.1, 0.15) is 5.78 Å². The molecule has 0 saturated heterocycles. The predicted molar refractivity (Wildman–Crippen MR) is 29.4 cm³/mol. The van der Waals surface area contributed by atoms with Crippen LogP contribution in [0.3, 0.4) is 0 Å². The van der Waals surface area contributed by atoms with E-state index in [9.17, 15) is 4.79 Å². The van der Waals surface area contributed by atoms with Crippen LogP contribution in [0.2, 0.25) is 0 Å². The van der Waals surface area contributed by atoms with E-state index in [1.807, 2.05) is 0 Å². The van der Waals surface area contributed by atoms with Crippen molar-refractivity contribution >= 4 is 5.78 Å². The number of carbonyl (C=O) groups excluding carboxylic acids is 1. The minimum absolute atomic E-state index is 0.0324. The first kappa shape index (κ1) is 5.76. The van der Waals surface area contributed by atoms with Crippen molar-refractivity contribution in [3.8, 4) is 0 Å². The third-order valence-electron chi connectivity index (χ3n) is 1.76. The second-order valence-corrected chi connectivity index (χ2v) is 2.36. The maximum absolute atomic E-state index is 10.5. The fourth-order valence-corrected chi connectivity index (χ4v) is 0.957. The normalized spacial score (nSPS) is 36.2. The monoisotopic (exact) mass is 114 g/mol. The first-order chi connectivity index (χ1) is 3.72. The molecule has 1 fully saturated rings. The lowest BCUT2D eigenvalue weighted by atomic mass is 9.80. The lowest BCUT2D eigenvalue weighted by Crippen LogP contribution is -2.35. The van der Waals surface area contributed by atoms with Gasteiger partial charge in [0.25, 0.3) is 0 Å². The highest BCUT2D eigenvalue weighted by atomic mass is 16.3. The standard InChI is InChI=1S/C6H10O2/c1-4(7)5-2-3-6(5)8/h5-6,8H,2-3H2,1H3. The molecule has 0 aliphatic heterocycles. The minimum Gasteiger partial charge on any atom is -0.392 e. The van der Waals surface area contributed by atoms with Crippen LogP contribution < -0.4 is 0 Å². The SMILES string of the molecule is CC(=O)C1CCC1O. The molecule has 0 bridgehead atoms. The molecule has 8 heavy (non-hydrogen) atoms. The molecule has 2 heteroatoms. The topological polar surface area (TPSA) is 37.3 Å². The summed E-state index contributed by atoms with van der Waals surface area (Å²) in [5, 5.41) is 8.86. The zero-order valence-electron chi connectivity index (χ0n) is 4.92. The third kappa shape index (κ3) is 0.757. The molecule has 0 amide bonds. The number of hydrogen-bond acceptors (Lipinski definition) is 2. The molecule has 0 radical (unpaired) electrons. The van der Waals surface area contributed by atoms with Crippen molar-refractivity contribution in [1.82, 2.24) is 0 Å². The summed E-state index contributed by atoms with van der Waals surface area (Å²) in [6, 6.07) is 0. The summed E-state index contributed by atoms with van der Waals surface area (Å²) in [5.74, 6) is 0.0961. The highest BCUT2D eigenvalue weighted by Crippen LogP contribution is 2.27. The summed E-state index contributed by atoms with van der Waals surface area (Å²) >= 11 is 0. The summed E-state index contributed by atoms with van der Waals surface area (Å²) < 4.78 is 0. The maximum Gasteiger partial charge on any atom is 0.135 e. The van der Waals surface area contributed by atoms with Crippen molar-refractivity contribution in [3.05, 3.63) is 0 Å². The van der Waals surface area contributed by atoms with Gasteiger partial charge < -0.3 is 5.11 Å². The van der Waals surface area contributed by atoms with Gasteiger partial charge in [-0.3, -0.25) is 4.79 Å². The van der Waals surface area contributed by atoms with Gasteiger partial charge in [0.15, 0.2) is 0 Å². The maximum atomic E-state index is 10.5. The van der Waals surface area contributed by atoms with Crippen molar-refractivity contribution in [2.24, 2.45) is 5.92 Å². The van der Waals surface area contributed by atoms with E-state index in [1.54, 1.807) is 0 Å². The number of hydrogen-bond donors (Lipinski definition) is 1. The van der Waals surface area contributed by atoms with Gasteiger partial charge >= 0.3 is 0 Å². The van der Waals surface area contributed by atoms with Gasteiger partial charge in [-0.15, -0.1) is 0 Å². The van der Waals surface area contributed by atoms with E-state index in [4.69, 9.17) is 5.11 Å². The lowest BCUT2D eigenvalue weighted by molar-refractivity contribution is -0.129. The average Bonchev–Trinajstić information content (AvgIpc) is 1.61. The lowest BCUT2D eigenvalue weighted by Gasteiger charge is -2.29.